The Kier molecular flexibility index (Phi) is 5.84. The van der Waals surface area contributed by atoms with E-state index in [1.54, 1.807) is 38.3 Å². The summed E-state index contributed by atoms with van der Waals surface area (Å²) < 4.78 is 16.1. The van der Waals surface area contributed by atoms with Crippen molar-refractivity contribution in [2.45, 2.75) is 6.92 Å². The van der Waals surface area contributed by atoms with Gasteiger partial charge >= 0.3 is 0 Å². The number of thiocarbonyl (C=S) groups is 1. The van der Waals surface area contributed by atoms with E-state index in [1.165, 1.54) is 4.90 Å². The van der Waals surface area contributed by atoms with E-state index in [9.17, 15) is 4.79 Å². The topological polar surface area (TPSA) is 51.2 Å². The van der Waals surface area contributed by atoms with Gasteiger partial charge in [0.1, 0.15) is 22.9 Å². The molecule has 0 atom stereocenters. The zero-order valence-corrected chi connectivity index (χ0v) is 17.1. The molecule has 1 aliphatic heterocycles. The molecule has 1 fully saturated rings. The van der Waals surface area contributed by atoms with Gasteiger partial charge in [0.05, 0.1) is 26.5 Å². The third-order valence-corrected chi connectivity index (χ3v) is 4.86. The molecule has 0 aliphatic carbocycles. The van der Waals surface area contributed by atoms with Crippen molar-refractivity contribution in [2.24, 2.45) is 0 Å². The Bertz CT molecular complexity index is 925. The van der Waals surface area contributed by atoms with Crippen molar-refractivity contribution in [3.8, 4) is 17.2 Å². The van der Waals surface area contributed by atoms with Crippen LogP contribution in [-0.2, 0) is 4.79 Å². The number of amides is 1. The third-order valence-electron chi connectivity index (χ3n) is 4.40. The summed E-state index contributed by atoms with van der Waals surface area (Å²) in [4.78, 5) is 16.3. The predicted octanol–water partition coefficient (Wildman–Crippen LogP) is 3.71. The standard InChI is InChI=1S/C21H22N2O4S/c1-5-27-16-10-7-15(8-11-16)23-20(24)18(22(2)21(23)28)12-14-6-9-17(25-3)13-19(14)26-4/h6-13H,5H2,1-4H3/b18-12-. The normalized spacial score (nSPS) is 15.4. The number of carbonyl (C=O) groups excluding carboxylic acids is 1. The monoisotopic (exact) mass is 398 g/mol. The molecule has 1 saturated heterocycles. The first-order chi connectivity index (χ1) is 13.5. The lowest BCUT2D eigenvalue weighted by molar-refractivity contribution is -0.114. The van der Waals surface area contributed by atoms with E-state index in [-0.39, 0.29) is 5.91 Å². The molecule has 0 radical (unpaired) electrons. The summed E-state index contributed by atoms with van der Waals surface area (Å²) in [5.41, 5.74) is 1.91. The molecular weight excluding hydrogens is 376 g/mol. The maximum Gasteiger partial charge on any atom is 0.281 e. The fourth-order valence-corrected chi connectivity index (χ4v) is 3.21. The maximum atomic E-state index is 13.1. The van der Waals surface area contributed by atoms with Crippen molar-refractivity contribution in [3.05, 3.63) is 53.7 Å². The van der Waals surface area contributed by atoms with Gasteiger partial charge < -0.3 is 19.1 Å². The second-order valence-electron chi connectivity index (χ2n) is 6.05. The van der Waals surface area contributed by atoms with Crippen molar-refractivity contribution in [1.82, 2.24) is 4.90 Å². The molecule has 0 unspecified atom stereocenters. The molecule has 0 aromatic heterocycles. The van der Waals surface area contributed by atoms with Crippen molar-refractivity contribution < 1.29 is 19.0 Å². The summed E-state index contributed by atoms with van der Waals surface area (Å²) >= 11 is 5.51. The van der Waals surface area contributed by atoms with Crippen LogP contribution in [-0.4, -0.2) is 43.8 Å². The molecule has 1 amide bonds. The minimum absolute atomic E-state index is 0.200. The lowest BCUT2D eigenvalue weighted by Crippen LogP contribution is -2.31. The first-order valence-corrected chi connectivity index (χ1v) is 9.19. The highest BCUT2D eigenvalue weighted by molar-refractivity contribution is 7.80. The number of rotatable bonds is 6. The number of hydrogen-bond acceptors (Lipinski definition) is 5. The molecule has 2 aromatic carbocycles. The Hall–Kier alpha value is -3.06. The highest BCUT2D eigenvalue weighted by Crippen LogP contribution is 2.32. The quantitative estimate of drug-likeness (QED) is 0.546. The molecule has 0 spiro atoms. The number of carbonyl (C=O) groups is 1. The SMILES string of the molecule is CCOc1ccc(N2C(=O)/C(=C/c3ccc(OC)cc3OC)N(C)C2=S)cc1. The molecule has 6 nitrogen and oxygen atoms in total. The van der Waals surface area contributed by atoms with Crippen LogP contribution in [0.4, 0.5) is 5.69 Å². The number of benzene rings is 2. The number of ether oxygens (including phenoxy) is 3. The number of methoxy groups -OCH3 is 2. The third kappa shape index (κ3) is 3.66. The molecular formula is C21H22N2O4S. The zero-order valence-electron chi connectivity index (χ0n) is 16.3. The van der Waals surface area contributed by atoms with Gasteiger partial charge in [-0.3, -0.25) is 9.69 Å². The molecule has 7 heteroatoms. The molecule has 3 rings (SSSR count). The zero-order chi connectivity index (χ0) is 20.3. The van der Waals surface area contributed by atoms with Crippen LogP contribution in [0.2, 0.25) is 0 Å². The van der Waals surface area contributed by atoms with E-state index in [0.717, 1.165) is 11.3 Å². The molecule has 1 heterocycles. The van der Waals surface area contributed by atoms with Gasteiger partial charge in [0, 0.05) is 18.7 Å². The molecule has 0 bridgehead atoms. The Balaban J connectivity index is 1.95. The molecule has 1 aliphatic rings. The van der Waals surface area contributed by atoms with E-state index in [1.807, 2.05) is 43.3 Å². The Morgan fingerprint density at radius 3 is 2.32 bits per heavy atom. The van der Waals surface area contributed by atoms with Crippen LogP contribution >= 0.6 is 12.2 Å². The summed E-state index contributed by atoms with van der Waals surface area (Å²) in [6.07, 6.45) is 1.77. The molecule has 2 aromatic rings. The van der Waals surface area contributed by atoms with Gasteiger partial charge in [-0.2, -0.15) is 0 Å². The average Bonchev–Trinajstić information content (AvgIpc) is 2.92. The highest BCUT2D eigenvalue weighted by atomic mass is 32.1. The van der Waals surface area contributed by atoms with Crippen LogP contribution < -0.4 is 19.1 Å². The number of hydrogen-bond donors (Lipinski definition) is 0. The van der Waals surface area contributed by atoms with Gasteiger partial charge in [0.15, 0.2) is 5.11 Å². The van der Waals surface area contributed by atoms with Gasteiger partial charge in [-0.05, 0) is 61.6 Å². The van der Waals surface area contributed by atoms with Gasteiger partial charge in [0.2, 0.25) is 0 Å². The van der Waals surface area contributed by atoms with Gasteiger partial charge in [-0.1, -0.05) is 0 Å². The molecule has 146 valence electrons. The van der Waals surface area contributed by atoms with Crippen LogP contribution in [0.15, 0.2) is 48.2 Å². The second-order valence-corrected chi connectivity index (χ2v) is 6.41. The summed E-state index contributed by atoms with van der Waals surface area (Å²) in [5, 5.41) is 0.410. The summed E-state index contributed by atoms with van der Waals surface area (Å²) in [5.74, 6) is 1.83. The summed E-state index contributed by atoms with van der Waals surface area (Å²) in [7, 11) is 4.94. The largest absolute Gasteiger partial charge is 0.497 e. The van der Waals surface area contributed by atoms with Crippen molar-refractivity contribution in [3.63, 3.8) is 0 Å². The first-order valence-electron chi connectivity index (χ1n) is 8.78. The van der Waals surface area contributed by atoms with Crippen LogP contribution in [0.25, 0.3) is 6.08 Å². The van der Waals surface area contributed by atoms with Crippen LogP contribution in [0.1, 0.15) is 12.5 Å². The smallest absolute Gasteiger partial charge is 0.281 e. The summed E-state index contributed by atoms with van der Waals surface area (Å²) in [6.45, 7) is 2.51. The maximum absolute atomic E-state index is 13.1. The second kappa shape index (κ2) is 8.31. The van der Waals surface area contributed by atoms with E-state index in [4.69, 9.17) is 26.4 Å². The fraction of sp³-hybridized carbons (Fsp3) is 0.238. The Morgan fingerprint density at radius 1 is 1.04 bits per heavy atom. The van der Waals surface area contributed by atoms with Crippen molar-refractivity contribution in [2.75, 3.05) is 32.8 Å². The van der Waals surface area contributed by atoms with Crippen molar-refractivity contribution >= 4 is 35.0 Å². The fourth-order valence-electron chi connectivity index (χ4n) is 2.93. The molecule has 0 saturated carbocycles. The van der Waals surface area contributed by atoms with Gasteiger partial charge in [-0.15, -0.1) is 0 Å². The molecule has 0 N–H and O–H groups in total. The van der Waals surface area contributed by atoms with Gasteiger partial charge in [-0.25, -0.2) is 0 Å². The summed E-state index contributed by atoms with van der Waals surface area (Å²) in [6, 6.07) is 12.7. The number of likely N-dealkylation sites (N-methyl/N-ethyl adjacent to an activating group) is 1. The van der Waals surface area contributed by atoms with E-state index >= 15 is 0 Å². The van der Waals surface area contributed by atoms with Crippen LogP contribution in [0.3, 0.4) is 0 Å². The van der Waals surface area contributed by atoms with Crippen LogP contribution in [0.5, 0.6) is 17.2 Å². The van der Waals surface area contributed by atoms with E-state index in [0.29, 0.717) is 34.6 Å². The predicted molar refractivity (Wildman–Crippen MR) is 113 cm³/mol. The highest BCUT2D eigenvalue weighted by Gasteiger charge is 2.37. The first kappa shape index (κ1) is 19.7. The van der Waals surface area contributed by atoms with E-state index in [2.05, 4.69) is 0 Å². The Morgan fingerprint density at radius 2 is 1.71 bits per heavy atom. The Labute approximate surface area is 169 Å². The number of nitrogens with zero attached hydrogens (tertiary/aromatic N) is 2. The minimum atomic E-state index is -0.200. The lowest BCUT2D eigenvalue weighted by Gasteiger charge is -2.16. The van der Waals surface area contributed by atoms with Crippen LogP contribution in [0, 0.1) is 0 Å². The van der Waals surface area contributed by atoms with Crippen molar-refractivity contribution in [1.29, 1.82) is 0 Å². The number of anilines is 1. The minimum Gasteiger partial charge on any atom is -0.497 e. The average molecular weight is 398 g/mol. The van der Waals surface area contributed by atoms with E-state index < -0.39 is 0 Å². The van der Waals surface area contributed by atoms with Gasteiger partial charge in [0.25, 0.3) is 5.91 Å². The molecule has 28 heavy (non-hydrogen) atoms. The lowest BCUT2D eigenvalue weighted by atomic mass is 10.1.